The number of nitrogens with one attached hydrogen (secondary N) is 2. The maximum atomic E-state index is 11.6. The molecule has 0 radical (unpaired) electrons. The molecule has 0 aromatic carbocycles. The second-order valence-corrected chi connectivity index (χ2v) is 6.61. The van der Waals surface area contributed by atoms with Crippen molar-refractivity contribution >= 4 is 22.8 Å². The van der Waals surface area contributed by atoms with Crippen molar-refractivity contribution in [2.45, 2.75) is 33.7 Å². The molecule has 3 rings (SSSR count). The molecule has 0 aliphatic rings. The van der Waals surface area contributed by atoms with Crippen LogP contribution in [0.2, 0.25) is 0 Å². The van der Waals surface area contributed by atoms with Crippen LogP contribution in [0.4, 0.5) is 5.82 Å². The summed E-state index contributed by atoms with van der Waals surface area (Å²) >= 11 is 1.79. The predicted octanol–water partition coefficient (Wildman–Crippen LogP) is 2.58. The minimum Gasteiger partial charge on any atom is -0.363 e. The first-order valence-corrected chi connectivity index (χ1v) is 7.55. The molecule has 0 saturated carbocycles. The molecular weight excluding hydrogens is 286 g/mol. The summed E-state index contributed by atoms with van der Waals surface area (Å²) in [5.41, 5.74) is 1.58. The molecule has 6 nitrogen and oxygen atoms in total. The summed E-state index contributed by atoms with van der Waals surface area (Å²) in [6.45, 7) is 8.13. The fourth-order valence-electron chi connectivity index (χ4n) is 2.55. The van der Waals surface area contributed by atoms with E-state index in [1.54, 1.807) is 24.3 Å². The monoisotopic (exact) mass is 303 g/mol. The number of aryl methyl sites for hydroxylation is 3. The van der Waals surface area contributed by atoms with Gasteiger partial charge in [0.15, 0.2) is 5.65 Å². The molecule has 0 spiro atoms. The first-order valence-electron chi connectivity index (χ1n) is 6.74. The summed E-state index contributed by atoms with van der Waals surface area (Å²) in [7, 11) is 0. The zero-order valence-electron chi connectivity index (χ0n) is 12.4. The van der Waals surface area contributed by atoms with E-state index in [4.69, 9.17) is 0 Å². The van der Waals surface area contributed by atoms with E-state index in [1.807, 2.05) is 0 Å². The van der Waals surface area contributed by atoms with Crippen LogP contribution in [0.3, 0.4) is 0 Å². The predicted molar refractivity (Wildman–Crippen MR) is 84.2 cm³/mol. The SMILES string of the molecule is Cc1cc(C(C)Nc2cc3n[nH]c(=O)n3c(C)n2)c(C)s1. The van der Waals surface area contributed by atoms with E-state index < -0.39 is 0 Å². The first kappa shape index (κ1) is 13.8. The second-order valence-electron chi connectivity index (χ2n) is 5.15. The van der Waals surface area contributed by atoms with E-state index in [1.165, 1.54) is 19.7 Å². The Hall–Kier alpha value is -2.15. The van der Waals surface area contributed by atoms with Gasteiger partial charge in [0.2, 0.25) is 0 Å². The van der Waals surface area contributed by atoms with E-state index >= 15 is 0 Å². The molecule has 3 aromatic rings. The summed E-state index contributed by atoms with van der Waals surface area (Å²) in [6.07, 6.45) is 0. The van der Waals surface area contributed by atoms with Crippen molar-refractivity contribution in [2.24, 2.45) is 0 Å². The Morgan fingerprint density at radius 1 is 1.33 bits per heavy atom. The molecule has 0 fully saturated rings. The van der Waals surface area contributed by atoms with E-state index in [9.17, 15) is 4.79 Å². The highest BCUT2D eigenvalue weighted by Gasteiger charge is 2.13. The number of aromatic amines is 1. The summed E-state index contributed by atoms with van der Waals surface area (Å²) < 4.78 is 1.45. The molecule has 21 heavy (non-hydrogen) atoms. The van der Waals surface area contributed by atoms with E-state index in [0.717, 1.165) is 5.82 Å². The van der Waals surface area contributed by atoms with Crippen molar-refractivity contribution in [3.63, 3.8) is 0 Å². The second kappa shape index (κ2) is 5.00. The van der Waals surface area contributed by atoms with Gasteiger partial charge in [0.1, 0.15) is 11.6 Å². The normalized spacial score (nSPS) is 12.8. The Labute approximate surface area is 125 Å². The van der Waals surface area contributed by atoms with Gasteiger partial charge in [-0.1, -0.05) is 0 Å². The summed E-state index contributed by atoms with van der Waals surface area (Å²) in [6, 6.07) is 4.12. The number of nitrogens with zero attached hydrogens (tertiary/aromatic N) is 3. The van der Waals surface area contributed by atoms with Gasteiger partial charge in [0, 0.05) is 15.8 Å². The van der Waals surface area contributed by atoms with Gasteiger partial charge in [0.05, 0.1) is 6.04 Å². The van der Waals surface area contributed by atoms with Crippen molar-refractivity contribution in [3.8, 4) is 0 Å². The molecule has 110 valence electrons. The number of hydrogen-bond acceptors (Lipinski definition) is 5. The van der Waals surface area contributed by atoms with Gasteiger partial charge in [-0.3, -0.25) is 0 Å². The van der Waals surface area contributed by atoms with Gasteiger partial charge in [-0.05, 0) is 39.3 Å². The fraction of sp³-hybridized carbons (Fsp3) is 0.357. The first-order chi connectivity index (χ1) is 9.95. The summed E-state index contributed by atoms with van der Waals surface area (Å²) in [5, 5.41) is 9.80. The van der Waals surface area contributed by atoms with Crippen LogP contribution in [0.5, 0.6) is 0 Å². The molecule has 0 aliphatic heterocycles. The third-order valence-corrected chi connectivity index (χ3v) is 4.46. The van der Waals surface area contributed by atoms with Crippen molar-refractivity contribution in [3.05, 3.63) is 43.8 Å². The number of anilines is 1. The van der Waals surface area contributed by atoms with Crippen LogP contribution in [0.1, 0.15) is 34.1 Å². The molecule has 0 aliphatic carbocycles. The van der Waals surface area contributed by atoms with Crippen LogP contribution in [0.25, 0.3) is 5.65 Å². The standard InChI is InChI=1S/C14H17N5OS/c1-7-5-11(9(3)21-7)8(2)15-12-6-13-17-18-14(20)19(13)10(4)16-12/h5-6,8,15H,1-4H3,(H,18,20). The molecule has 0 saturated heterocycles. The van der Waals surface area contributed by atoms with Gasteiger partial charge < -0.3 is 5.32 Å². The Balaban J connectivity index is 1.94. The lowest BCUT2D eigenvalue weighted by Gasteiger charge is -2.15. The van der Waals surface area contributed by atoms with Crippen LogP contribution in [0, 0.1) is 20.8 Å². The lowest BCUT2D eigenvalue weighted by molar-refractivity contribution is 0.857. The number of fused-ring (bicyclic) bond motifs is 1. The lowest BCUT2D eigenvalue weighted by atomic mass is 10.1. The lowest BCUT2D eigenvalue weighted by Crippen LogP contribution is -2.15. The van der Waals surface area contributed by atoms with Crippen molar-refractivity contribution in [1.82, 2.24) is 19.6 Å². The Morgan fingerprint density at radius 2 is 2.10 bits per heavy atom. The van der Waals surface area contributed by atoms with E-state index in [2.05, 4.69) is 47.3 Å². The van der Waals surface area contributed by atoms with Crippen LogP contribution in [-0.2, 0) is 0 Å². The van der Waals surface area contributed by atoms with Gasteiger partial charge in [-0.15, -0.1) is 11.3 Å². The Morgan fingerprint density at radius 3 is 2.76 bits per heavy atom. The van der Waals surface area contributed by atoms with E-state index in [-0.39, 0.29) is 11.7 Å². The largest absolute Gasteiger partial charge is 0.363 e. The fourth-order valence-corrected chi connectivity index (χ4v) is 3.57. The maximum absolute atomic E-state index is 11.6. The van der Waals surface area contributed by atoms with Crippen LogP contribution in [-0.4, -0.2) is 19.6 Å². The number of H-pyrrole nitrogens is 1. The van der Waals surface area contributed by atoms with Gasteiger partial charge in [-0.2, -0.15) is 5.10 Å². The van der Waals surface area contributed by atoms with E-state index in [0.29, 0.717) is 11.5 Å². The third-order valence-electron chi connectivity index (χ3n) is 3.48. The summed E-state index contributed by atoms with van der Waals surface area (Å²) in [5.74, 6) is 1.33. The zero-order valence-corrected chi connectivity index (χ0v) is 13.2. The van der Waals surface area contributed by atoms with Crippen molar-refractivity contribution in [2.75, 3.05) is 5.32 Å². The minimum absolute atomic E-state index is 0.148. The number of hydrogen-bond donors (Lipinski definition) is 2. The van der Waals surface area contributed by atoms with Crippen molar-refractivity contribution < 1.29 is 0 Å². The molecule has 0 amide bonds. The van der Waals surface area contributed by atoms with Crippen molar-refractivity contribution in [1.29, 1.82) is 0 Å². The third kappa shape index (κ3) is 2.44. The highest BCUT2D eigenvalue weighted by atomic mass is 32.1. The molecule has 2 N–H and O–H groups in total. The van der Waals surface area contributed by atoms with Crippen LogP contribution >= 0.6 is 11.3 Å². The minimum atomic E-state index is -0.265. The summed E-state index contributed by atoms with van der Waals surface area (Å²) in [4.78, 5) is 18.6. The van der Waals surface area contributed by atoms with Crippen LogP contribution < -0.4 is 11.0 Å². The van der Waals surface area contributed by atoms with Gasteiger partial charge >= 0.3 is 5.69 Å². The smallest absolute Gasteiger partial charge is 0.349 e. The molecule has 3 aromatic heterocycles. The Kier molecular flexibility index (Phi) is 3.29. The average Bonchev–Trinajstić information content (AvgIpc) is 2.93. The van der Waals surface area contributed by atoms with Gasteiger partial charge in [-0.25, -0.2) is 19.3 Å². The molecule has 3 heterocycles. The average molecular weight is 303 g/mol. The van der Waals surface area contributed by atoms with Gasteiger partial charge in [0.25, 0.3) is 0 Å². The molecule has 0 bridgehead atoms. The quantitative estimate of drug-likeness (QED) is 0.780. The highest BCUT2D eigenvalue weighted by Crippen LogP contribution is 2.28. The van der Waals surface area contributed by atoms with Crippen LogP contribution in [0.15, 0.2) is 16.9 Å². The molecule has 7 heteroatoms. The molecule has 1 unspecified atom stereocenters. The number of thiophene rings is 1. The number of aromatic nitrogens is 4. The molecular formula is C14H17N5OS. The maximum Gasteiger partial charge on any atom is 0.349 e. The zero-order chi connectivity index (χ0) is 15.1. The Bertz CT molecular complexity index is 860. The number of rotatable bonds is 3. The topological polar surface area (TPSA) is 75.1 Å². The molecule has 1 atom stereocenters. The highest BCUT2D eigenvalue weighted by molar-refractivity contribution is 7.12.